The Labute approximate surface area is 209 Å². The normalized spacial score (nSPS) is 23.1. The van der Waals surface area contributed by atoms with E-state index in [9.17, 15) is 0 Å². The van der Waals surface area contributed by atoms with Crippen LogP contribution in [0.15, 0.2) is 24.3 Å². The molecule has 0 spiro atoms. The summed E-state index contributed by atoms with van der Waals surface area (Å²) in [5, 5.41) is 0. The lowest BCUT2D eigenvalue weighted by Gasteiger charge is -2.38. The van der Waals surface area contributed by atoms with Gasteiger partial charge in [-0.1, -0.05) is 26.8 Å². The SMILES string of the molecule is COC1CCN(c2cc(N3CCN(Cc4ccc5c(c4)OCCO5)CC3)nc(C(C)C)n2)CC1C. The molecular weight excluding hydrogens is 442 g/mol. The van der Waals surface area contributed by atoms with E-state index < -0.39 is 0 Å². The smallest absolute Gasteiger partial charge is 0.161 e. The lowest BCUT2D eigenvalue weighted by molar-refractivity contribution is 0.0443. The summed E-state index contributed by atoms with van der Waals surface area (Å²) in [4.78, 5) is 17.3. The van der Waals surface area contributed by atoms with Crippen molar-refractivity contribution in [3.63, 3.8) is 0 Å². The van der Waals surface area contributed by atoms with Crippen molar-refractivity contribution in [3.8, 4) is 11.5 Å². The van der Waals surface area contributed by atoms with Gasteiger partial charge in [0, 0.05) is 64.9 Å². The number of fused-ring (bicyclic) bond motifs is 1. The molecule has 0 aliphatic carbocycles. The van der Waals surface area contributed by atoms with Crippen LogP contribution in [0.25, 0.3) is 0 Å². The van der Waals surface area contributed by atoms with Gasteiger partial charge in [-0.2, -0.15) is 0 Å². The molecule has 0 saturated carbocycles. The number of hydrogen-bond donors (Lipinski definition) is 0. The van der Waals surface area contributed by atoms with Gasteiger partial charge in [0.15, 0.2) is 11.5 Å². The van der Waals surface area contributed by atoms with E-state index in [2.05, 4.69) is 53.7 Å². The summed E-state index contributed by atoms with van der Waals surface area (Å²) in [5.41, 5.74) is 1.27. The minimum absolute atomic E-state index is 0.291. The van der Waals surface area contributed by atoms with Gasteiger partial charge in [0.2, 0.25) is 0 Å². The second kappa shape index (κ2) is 10.6. The molecule has 3 aliphatic rings. The first kappa shape index (κ1) is 24.1. The van der Waals surface area contributed by atoms with Gasteiger partial charge in [0.1, 0.15) is 30.7 Å². The lowest BCUT2D eigenvalue weighted by atomic mass is 9.96. The largest absolute Gasteiger partial charge is 0.486 e. The number of nitrogens with zero attached hydrogens (tertiary/aromatic N) is 5. The highest BCUT2D eigenvalue weighted by atomic mass is 16.6. The molecule has 8 nitrogen and oxygen atoms in total. The average molecular weight is 482 g/mol. The van der Waals surface area contributed by atoms with Crippen molar-refractivity contribution in [1.82, 2.24) is 14.9 Å². The molecule has 190 valence electrons. The van der Waals surface area contributed by atoms with Gasteiger partial charge in [0.05, 0.1) is 6.10 Å². The van der Waals surface area contributed by atoms with Crippen LogP contribution in [0.4, 0.5) is 11.6 Å². The number of methoxy groups -OCH3 is 1. The van der Waals surface area contributed by atoms with E-state index in [1.165, 1.54) is 5.56 Å². The molecule has 5 rings (SSSR count). The number of anilines is 2. The third-order valence-electron chi connectivity index (χ3n) is 7.40. The highest BCUT2D eigenvalue weighted by molar-refractivity contribution is 5.52. The van der Waals surface area contributed by atoms with E-state index in [-0.39, 0.29) is 0 Å². The molecular formula is C27H39N5O3. The van der Waals surface area contributed by atoms with Crippen molar-refractivity contribution in [2.45, 2.75) is 45.8 Å². The van der Waals surface area contributed by atoms with Crippen molar-refractivity contribution < 1.29 is 14.2 Å². The number of benzene rings is 1. The molecule has 2 aromatic rings. The first-order chi connectivity index (χ1) is 17.0. The maximum absolute atomic E-state index is 5.76. The fraction of sp³-hybridized carbons (Fsp3) is 0.630. The quantitative estimate of drug-likeness (QED) is 0.621. The highest BCUT2D eigenvalue weighted by Crippen LogP contribution is 2.32. The van der Waals surface area contributed by atoms with Crippen LogP contribution in [0.5, 0.6) is 11.5 Å². The van der Waals surface area contributed by atoms with E-state index in [0.717, 1.165) is 81.2 Å². The second-order valence-electron chi connectivity index (χ2n) is 10.3. The summed E-state index contributed by atoms with van der Waals surface area (Å²) in [5.74, 6) is 5.53. The molecule has 4 heterocycles. The molecule has 0 N–H and O–H groups in total. The number of aromatic nitrogens is 2. The Balaban J connectivity index is 1.25. The molecule has 2 atom stereocenters. The van der Waals surface area contributed by atoms with Gasteiger partial charge in [0.25, 0.3) is 0 Å². The minimum atomic E-state index is 0.291. The molecule has 0 radical (unpaired) electrons. The predicted molar refractivity (Wildman–Crippen MR) is 138 cm³/mol. The van der Waals surface area contributed by atoms with Crippen LogP contribution in [-0.4, -0.2) is 80.6 Å². The zero-order valence-electron chi connectivity index (χ0n) is 21.6. The van der Waals surface area contributed by atoms with E-state index in [0.29, 0.717) is 31.2 Å². The van der Waals surface area contributed by atoms with E-state index in [4.69, 9.17) is 24.2 Å². The third-order valence-corrected chi connectivity index (χ3v) is 7.40. The maximum Gasteiger partial charge on any atom is 0.161 e. The van der Waals surface area contributed by atoms with Gasteiger partial charge >= 0.3 is 0 Å². The van der Waals surface area contributed by atoms with Gasteiger partial charge in [-0.3, -0.25) is 4.90 Å². The molecule has 2 fully saturated rings. The van der Waals surface area contributed by atoms with E-state index in [1.807, 2.05) is 13.2 Å². The summed E-state index contributed by atoms with van der Waals surface area (Å²) < 4.78 is 17.1. The summed E-state index contributed by atoms with van der Waals surface area (Å²) in [6.07, 6.45) is 1.37. The minimum Gasteiger partial charge on any atom is -0.486 e. The van der Waals surface area contributed by atoms with Crippen LogP contribution < -0.4 is 19.3 Å². The molecule has 3 aliphatic heterocycles. The number of rotatable bonds is 6. The molecule has 1 aromatic heterocycles. The molecule has 0 amide bonds. The van der Waals surface area contributed by atoms with Gasteiger partial charge < -0.3 is 24.0 Å². The summed E-state index contributed by atoms with van der Waals surface area (Å²) in [6.45, 7) is 14.6. The first-order valence-corrected chi connectivity index (χ1v) is 13.0. The van der Waals surface area contributed by atoms with Crippen LogP contribution in [-0.2, 0) is 11.3 Å². The zero-order chi connectivity index (χ0) is 24.4. The first-order valence-electron chi connectivity index (χ1n) is 13.0. The maximum atomic E-state index is 5.76. The lowest BCUT2D eigenvalue weighted by Crippen LogP contribution is -2.46. The summed E-state index contributed by atoms with van der Waals surface area (Å²) in [6, 6.07) is 8.51. The van der Waals surface area contributed by atoms with Crippen molar-refractivity contribution >= 4 is 11.6 Å². The summed E-state index contributed by atoms with van der Waals surface area (Å²) >= 11 is 0. The molecule has 2 unspecified atom stereocenters. The number of piperidine rings is 1. The fourth-order valence-electron chi connectivity index (χ4n) is 5.28. The van der Waals surface area contributed by atoms with Gasteiger partial charge in [-0.05, 0) is 30.0 Å². The Morgan fingerprint density at radius 2 is 1.66 bits per heavy atom. The Morgan fingerprint density at radius 1 is 0.943 bits per heavy atom. The summed E-state index contributed by atoms with van der Waals surface area (Å²) in [7, 11) is 1.82. The predicted octanol–water partition coefficient (Wildman–Crippen LogP) is 3.55. The van der Waals surface area contributed by atoms with Crippen molar-refractivity contribution in [2.24, 2.45) is 5.92 Å². The Bertz CT molecular complexity index is 1010. The van der Waals surface area contributed by atoms with Crippen LogP contribution >= 0.6 is 0 Å². The van der Waals surface area contributed by atoms with Crippen LogP contribution in [0, 0.1) is 5.92 Å². The van der Waals surface area contributed by atoms with Crippen molar-refractivity contribution in [1.29, 1.82) is 0 Å². The van der Waals surface area contributed by atoms with Gasteiger partial charge in [-0.25, -0.2) is 9.97 Å². The Morgan fingerprint density at radius 3 is 2.34 bits per heavy atom. The van der Waals surface area contributed by atoms with Crippen LogP contribution in [0.3, 0.4) is 0 Å². The molecule has 2 saturated heterocycles. The molecule has 35 heavy (non-hydrogen) atoms. The monoisotopic (exact) mass is 481 g/mol. The Kier molecular flexibility index (Phi) is 7.29. The van der Waals surface area contributed by atoms with E-state index in [1.54, 1.807) is 0 Å². The highest BCUT2D eigenvalue weighted by Gasteiger charge is 2.28. The van der Waals surface area contributed by atoms with Gasteiger partial charge in [-0.15, -0.1) is 0 Å². The number of hydrogen-bond acceptors (Lipinski definition) is 8. The van der Waals surface area contributed by atoms with E-state index >= 15 is 0 Å². The Hall–Kier alpha value is -2.58. The molecule has 8 heteroatoms. The number of ether oxygens (including phenoxy) is 3. The van der Waals surface area contributed by atoms with Crippen molar-refractivity contribution in [2.75, 3.05) is 69.4 Å². The average Bonchev–Trinajstić information content (AvgIpc) is 2.88. The third kappa shape index (κ3) is 5.48. The van der Waals surface area contributed by atoms with Crippen LogP contribution in [0.2, 0.25) is 0 Å². The fourth-order valence-corrected chi connectivity index (χ4v) is 5.28. The zero-order valence-corrected chi connectivity index (χ0v) is 21.6. The number of piperazine rings is 1. The molecule has 1 aromatic carbocycles. The molecule has 0 bridgehead atoms. The second-order valence-corrected chi connectivity index (χ2v) is 10.3. The topological polar surface area (TPSA) is 63.2 Å². The van der Waals surface area contributed by atoms with Crippen LogP contribution in [0.1, 0.15) is 44.5 Å². The van der Waals surface area contributed by atoms with Crippen molar-refractivity contribution in [3.05, 3.63) is 35.7 Å². The standard InChI is InChI=1S/C27H39N5O3/c1-19(2)27-28-25(16-26(29-27)32-8-7-22(33-4)20(3)17-32)31-11-9-30(10-12-31)18-21-5-6-23-24(15-21)35-14-13-34-23/h5-6,15-16,19-20,22H,7-14,17-18H2,1-4H3.